The maximum absolute atomic E-state index is 13.8. The molecule has 3 aromatic rings. The van der Waals surface area contributed by atoms with Crippen LogP contribution in [-0.4, -0.2) is 27.1 Å². The summed E-state index contributed by atoms with van der Waals surface area (Å²) in [5, 5.41) is 7.20. The maximum Gasteiger partial charge on any atom is 0.163 e. The van der Waals surface area contributed by atoms with E-state index in [4.69, 9.17) is 14.2 Å². The van der Waals surface area contributed by atoms with E-state index in [2.05, 4.69) is 26.6 Å². The highest BCUT2D eigenvalue weighted by atomic mass is 79.9. The summed E-state index contributed by atoms with van der Waals surface area (Å²) in [5.41, 5.74) is 5.47. The van der Waals surface area contributed by atoms with Crippen LogP contribution in [0, 0.1) is 0 Å². The number of nitrogens with one attached hydrogen (secondary N) is 2. The summed E-state index contributed by atoms with van der Waals surface area (Å²) in [6.45, 7) is 0. The predicted molar refractivity (Wildman–Crippen MR) is 141 cm³/mol. The van der Waals surface area contributed by atoms with E-state index < -0.39 is 0 Å². The highest BCUT2D eigenvalue weighted by Gasteiger charge is 2.37. The Hall–Kier alpha value is -3.45. The number of Topliss-reactive ketones (excluding diaryl/α,β-unsaturated/α-hetero) is 1. The number of benzene rings is 3. The molecule has 0 fully saturated rings. The molecule has 2 unspecified atom stereocenters. The van der Waals surface area contributed by atoms with Crippen molar-refractivity contribution in [2.24, 2.45) is 0 Å². The first-order valence-electron chi connectivity index (χ1n) is 11.5. The standard InChI is InChI=1S/C28H27BrN2O4/c1-33-24-11-7-4-8-17(24)16-12-22-27(23(32)13-16)28(31-21-10-6-5-9-20(21)30-22)18-14-25(34-2)26(35-3)15-19(18)29/h4-11,14-16,28,30-31H,12-13H2,1-3H3. The maximum atomic E-state index is 13.8. The van der Waals surface area contributed by atoms with Crippen molar-refractivity contribution in [3.05, 3.63) is 87.5 Å². The average molecular weight is 535 g/mol. The highest BCUT2D eigenvalue weighted by molar-refractivity contribution is 9.10. The van der Waals surface area contributed by atoms with Gasteiger partial charge in [-0.1, -0.05) is 46.3 Å². The lowest BCUT2D eigenvalue weighted by Gasteiger charge is -2.31. The monoisotopic (exact) mass is 534 g/mol. The van der Waals surface area contributed by atoms with Crippen LogP contribution in [-0.2, 0) is 4.79 Å². The number of ketones is 1. The molecule has 0 aromatic heterocycles. The summed E-state index contributed by atoms with van der Waals surface area (Å²) in [4.78, 5) is 13.8. The Balaban J connectivity index is 1.65. The van der Waals surface area contributed by atoms with E-state index in [0.717, 1.165) is 44.0 Å². The van der Waals surface area contributed by atoms with Gasteiger partial charge >= 0.3 is 0 Å². The fourth-order valence-corrected chi connectivity index (χ4v) is 5.59. The van der Waals surface area contributed by atoms with Crippen LogP contribution in [0.15, 0.2) is 76.4 Å². The smallest absolute Gasteiger partial charge is 0.163 e. The number of allylic oxidation sites excluding steroid dienone is 1. The van der Waals surface area contributed by atoms with Crippen molar-refractivity contribution in [3.8, 4) is 17.2 Å². The molecular weight excluding hydrogens is 508 g/mol. The number of hydrogen-bond donors (Lipinski definition) is 2. The molecule has 7 heteroatoms. The van der Waals surface area contributed by atoms with Gasteiger partial charge in [-0.15, -0.1) is 0 Å². The van der Waals surface area contributed by atoms with Crippen molar-refractivity contribution in [1.82, 2.24) is 0 Å². The molecule has 0 saturated heterocycles. The number of para-hydroxylation sites is 3. The van der Waals surface area contributed by atoms with Crippen LogP contribution in [0.5, 0.6) is 17.2 Å². The van der Waals surface area contributed by atoms with Crippen LogP contribution in [0.4, 0.5) is 11.4 Å². The molecule has 1 aliphatic heterocycles. The third-order valence-electron chi connectivity index (χ3n) is 6.70. The van der Waals surface area contributed by atoms with Gasteiger partial charge in [-0.25, -0.2) is 0 Å². The number of carbonyl (C=O) groups is 1. The first kappa shape index (κ1) is 23.3. The summed E-state index contributed by atoms with van der Waals surface area (Å²) in [6.07, 6.45) is 1.10. The molecule has 6 nitrogen and oxygen atoms in total. The molecule has 35 heavy (non-hydrogen) atoms. The number of ether oxygens (including phenoxy) is 3. The van der Waals surface area contributed by atoms with Gasteiger partial charge in [-0.3, -0.25) is 4.79 Å². The van der Waals surface area contributed by atoms with Gasteiger partial charge < -0.3 is 24.8 Å². The van der Waals surface area contributed by atoms with Gasteiger partial charge in [0.15, 0.2) is 17.3 Å². The number of rotatable bonds is 5. The van der Waals surface area contributed by atoms with Gasteiger partial charge in [-0.2, -0.15) is 0 Å². The Morgan fingerprint density at radius 3 is 2.20 bits per heavy atom. The Morgan fingerprint density at radius 1 is 0.800 bits per heavy atom. The average Bonchev–Trinajstić information content (AvgIpc) is 3.05. The second-order valence-electron chi connectivity index (χ2n) is 8.64. The summed E-state index contributed by atoms with van der Waals surface area (Å²) in [7, 11) is 4.89. The first-order chi connectivity index (χ1) is 17.0. The molecule has 180 valence electrons. The molecule has 2 N–H and O–H groups in total. The highest BCUT2D eigenvalue weighted by Crippen LogP contribution is 2.48. The zero-order valence-corrected chi connectivity index (χ0v) is 21.4. The normalized spacial score (nSPS) is 19.0. The number of hydrogen-bond acceptors (Lipinski definition) is 6. The number of fused-ring (bicyclic) bond motifs is 1. The number of methoxy groups -OCH3 is 3. The van der Waals surface area contributed by atoms with Crippen LogP contribution in [0.2, 0.25) is 0 Å². The lowest BCUT2D eigenvalue weighted by molar-refractivity contribution is -0.116. The topological polar surface area (TPSA) is 68.8 Å². The van der Waals surface area contributed by atoms with Crippen LogP contribution in [0.25, 0.3) is 0 Å². The Morgan fingerprint density at radius 2 is 1.46 bits per heavy atom. The van der Waals surface area contributed by atoms with Crippen molar-refractivity contribution < 1.29 is 19.0 Å². The van der Waals surface area contributed by atoms with Crippen LogP contribution < -0.4 is 24.8 Å². The Labute approximate surface area is 213 Å². The van der Waals surface area contributed by atoms with Gasteiger partial charge in [0.2, 0.25) is 0 Å². The molecule has 1 aliphatic carbocycles. The molecule has 0 bridgehead atoms. The van der Waals surface area contributed by atoms with E-state index in [0.29, 0.717) is 24.3 Å². The summed E-state index contributed by atoms with van der Waals surface area (Å²) in [6, 6.07) is 19.4. The molecule has 5 rings (SSSR count). The van der Waals surface area contributed by atoms with Crippen molar-refractivity contribution in [1.29, 1.82) is 0 Å². The molecule has 2 aliphatic rings. The molecule has 0 amide bonds. The molecule has 3 aromatic carbocycles. The van der Waals surface area contributed by atoms with Crippen molar-refractivity contribution in [3.63, 3.8) is 0 Å². The van der Waals surface area contributed by atoms with E-state index in [1.807, 2.05) is 60.7 Å². The van der Waals surface area contributed by atoms with Crippen LogP contribution in [0.1, 0.15) is 35.9 Å². The summed E-state index contributed by atoms with van der Waals surface area (Å²) in [5.74, 6) is 2.15. The molecule has 0 radical (unpaired) electrons. The molecule has 0 saturated carbocycles. The van der Waals surface area contributed by atoms with Gasteiger partial charge in [-0.05, 0) is 47.9 Å². The zero-order chi connectivity index (χ0) is 24.5. The van der Waals surface area contributed by atoms with Crippen molar-refractivity contribution >= 4 is 33.1 Å². The van der Waals surface area contributed by atoms with Gasteiger partial charge in [0.1, 0.15) is 5.75 Å². The fraction of sp³-hybridized carbons (Fsp3) is 0.250. The minimum absolute atomic E-state index is 0.0182. The number of anilines is 2. The number of carbonyl (C=O) groups excluding carboxylic acids is 1. The zero-order valence-electron chi connectivity index (χ0n) is 19.9. The second kappa shape index (κ2) is 9.66. The van der Waals surface area contributed by atoms with E-state index in [-0.39, 0.29) is 17.7 Å². The first-order valence-corrected chi connectivity index (χ1v) is 12.3. The van der Waals surface area contributed by atoms with E-state index in [1.165, 1.54) is 0 Å². The minimum atomic E-state index is -0.374. The molecule has 1 heterocycles. The summed E-state index contributed by atoms with van der Waals surface area (Å²) < 4.78 is 17.5. The third kappa shape index (κ3) is 4.25. The Kier molecular flexibility index (Phi) is 6.43. The van der Waals surface area contributed by atoms with E-state index in [9.17, 15) is 4.79 Å². The van der Waals surface area contributed by atoms with Crippen molar-refractivity contribution in [2.75, 3.05) is 32.0 Å². The molecular formula is C28H27BrN2O4. The quantitative estimate of drug-likeness (QED) is 0.391. The van der Waals surface area contributed by atoms with Gasteiger partial charge in [0.25, 0.3) is 0 Å². The molecule has 2 atom stereocenters. The predicted octanol–water partition coefficient (Wildman–Crippen LogP) is 6.45. The van der Waals surface area contributed by atoms with E-state index in [1.54, 1.807) is 21.3 Å². The third-order valence-corrected chi connectivity index (χ3v) is 7.39. The largest absolute Gasteiger partial charge is 0.496 e. The van der Waals surface area contributed by atoms with Gasteiger partial charge in [0, 0.05) is 28.1 Å². The fourth-order valence-electron chi connectivity index (χ4n) is 5.04. The minimum Gasteiger partial charge on any atom is -0.496 e. The lowest BCUT2D eigenvalue weighted by Crippen LogP contribution is -2.27. The SMILES string of the molecule is COc1cc(Br)c(C2Nc3ccccc3NC3=C2C(=O)CC(c2ccccc2OC)C3)cc1OC. The van der Waals surface area contributed by atoms with Crippen molar-refractivity contribution in [2.45, 2.75) is 24.8 Å². The molecule has 0 spiro atoms. The van der Waals surface area contributed by atoms with Crippen LogP contribution >= 0.6 is 15.9 Å². The number of halogens is 1. The Bertz CT molecular complexity index is 1320. The van der Waals surface area contributed by atoms with E-state index >= 15 is 0 Å². The lowest BCUT2D eigenvalue weighted by atomic mass is 9.78. The van der Waals surface area contributed by atoms with Gasteiger partial charge in [0.05, 0.1) is 38.7 Å². The van der Waals surface area contributed by atoms with Crippen LogP contribution in [0.3, 0.4) is 0 Å². The summed E-state index contributed by atoms with van der Waals surface area (Å²) >= 11 is 3.71. The second-order valence-corrected chi connectivity index (χ2v) is 9.49.